The number of benzene rings is 1. The standard InChI is InChI=1S/C14H16NO5PS/c1-18-13(16)8-7-11-12(22-21-15-17)9-19-14(20-11)10-5-3-2-4-6-10/h2-8,11-12,14,21H,9H2,1H3/b8-7+/t11-,12+,14?/m0/s1. The third-order valence-electron chi connectivity index (χ3n) is 3.00. The fourth-order valence-electron chi connectivity index (χ4n) is 1.93. The second-order valence-electron chi connectivity index (χ2n) is 4.40. The molecule has 1 aromatic carbocycles. The number of carbonyl (C=O) groups is 1. The highest BCUT2D eigenvalue weighted by Crippen LogP contribution is 2.41. The molecule has 2 unspecified atom stereocenters. The van der Waals surface area contributed by atoms with Crippen LogP contribution in [0.25, 0.3) is 0 Å². The van der Waals surface area contributed by atoms with E-state index in [0.29, 0.717) is 6.61 Å². The van der Waals surface area contributed by atoms with Gasteiger partial charge in [-0.3, -0.25) is 0 Å². The van der Waals surface area contributed by atoms with Gasteiger partial charge in [0.25, 0.3) is 0 Å². The van der Waals surface area contributed by atoms with Gasteiger partial charge in [0.05, 0.1) is 25.1 Å². The third-order valence-corrected chi connectivity index (χ3v) is 5.33. The summed E-state index contributed by atoms with van der Waals surface area (Å²) < 4.78 is 16.2. The maximum Gasteiger partial charge on any atom is 0.330 e. The lowest BCUT2D eigenvalue weighted by atomic mass is 10.1. The highest BCUT2D eigenvalue weighted by atomic mass is 32.7. The first-order valence-electron chi connectivity index (χ1n) is 6.55. The fourth-order valence-corrected chi connectivity index (χ4v) is 3.69. The van der Waals surface area contributed by atoms with Crippen LogP contribution in [-0.2, 0) is 19.0 Å². The monoisotopic (exact) mass is 341 g/mol. The summed E-state index contributed by atoms with van der Waals surface area (Å²) in [5, 5.41) is -0.100. The van der Waals surface area contributed by atoms with Crippen molar-refractivity contribution in [3.63, 3.8) is 0 Å². The zero-order valence-corrected chi connectivity index (χ0v) is 13.7. The van der Waals surface area contributed by atoms with E-state index in [1.54, 1.807) is 6.08 Å². The molecule has 0 saturated carbocycles. The van der Waals surface area contributed by atoms with Crippen LogP contribution in [0.15, 0.2) is 47.4 Å². The smallest absolute Gasteiger partial charge is 0.330 e. The van der Waals surface area contributed by atoms with Gasteiger partial charge < -0.3 is 14.2 Å². The molecule has 1 fully saturated rings. The van der Waals surface area contributed by atoms with Gasteiger partial charge in [0, 0.05) is 11.6 Å². The second kappa shape index (κ2) is 9.00. The van der Waals surface area contributed by atoms with Crippen molar-refractivity contribution in [1.29, 1.82) is 0 Å². The molecule has 1 aliphatic heterocycles. The lowest BCUT2D eigenvalue weighted by Crippen LogP contribution is -2.36. The number of hydrogen-bond donors (Lipinski definition) is 0. The topological polar surface area (TPSA) is 74.2 Å². The number of ether oxygens (including phenoxy) is 3. The maximum absolute atomic E-state index is 11.3. The van der Waals surface area contributed by atoms with Gasteiger partial charge in [-0.2, -0.15) is 0 Å². The van der Waals surface area contributed by atoms with Gasteiger partial charge in [0.15, 0.2) is 6.29 Å². The summed E-state index contributed by atoms with van der Waals surface area (Å²) in [6.07, 6.45) is 2.09. The van der Waals surface area contributed by atoms with E-state index in [1.807, 2.05) is 30.3 Å². The minimum absolute atomic E-state index is 0.100. The molecular weight excluding hydrogens is 325 g/mol. The van der Waals surface area contributed by atoms with E-state index in [9.17, 15) is 9.70 Å². The van der Waals surface area contributed by atoms with Crippen molar-refractivity contribution >= 4 is 25.3 Å². The summed E-state index contributed by atoms with van der Waals surface area (Å²) in [4.78, 5) is 24.4. The van der Waals surface area contributed by atoms with Crippen LogP contribution in [0.3, 0.4) is 0 Å². The summed E-state index contributed by atoms with van der Waals surface area (Å²) in [6, 6.07) is 9.54. The first kappa shape index (κ1) is 17.1. The lowest BCUT2D eigenvalue weighted by molar-refractivity contribution is -0.201. The molecular formula is C14H16NO5PS. The van der Waals surface area contributed by atoms with E-state index in [2.05, 4.69) is 9.68 Å². The number of carbonyl (C=O) groups excluding carboxylic acids is 1. The molecule has 0 amide bonds. The Bertz CT molecular complexity index is 527. The highest BCUT2D eigenvalue weighted by molar-refractivity contribution is 8.49. The van der Waals surface area contributed by atoms with Crippen molar-refractivity contribution in [1.82, 2.24) is 0 Å². The van der Waals surface area contributed by atoms with Crippen molar-refractivity contribution in [3.8, 4) is 0 Å². The first-order valence-corrected chi connectivity index (χ1v) is 9.11. The first-order chi connectivity index (χ1) is 10.7. The van der Waals surface area contributed by atoms with Crippen LogP contribution in [-0.4, -0.2) is 31.0 Å². The van der Waals surface area contributed by atoms with E-state index < -0.39 is 12.3 Å². The Balaban J connectivity index is 2.08. The van der Waals surface area contributed by atoms with Gasteiger partial charge in [0.2, 0.25) is 0 Å². The van der Waals surface area contributed by atoms with E-state index in [-0.39, 0.29) is 19.3 Å². The van der Waals surface area contributed by atoms with Crippen LogP contribution in [0.2, 0.25) is 0 Å². The van der Waals surface area contributed by atoms with E-state index in [1.165, 1.54) is 24.6 Å². The molecule has 0 bridgehead atoms. The van der Waals surface area contributed by atoms with Crippen LogP contribution in [0.4, 0.5) is 0 Å². The average molecular weight is 341 g/mol. The number of nitrogens with zero attached hydrogens (tertiary/aromatic N) is 1. The predicted molar refractivity (Wildman–Crippen MR) is 86.7 cm³/mol. The largest absolute Gasteiger partial charge is 0.466 e. The van der Waals surface area contributed by atoms with Gasteiger partial charge in [0.1, 0.15) is 7.93 Å². The number of hydrogen-bond acceptors (Lipinski definition) is 7. The Morgan fingerprint density at radius 3 is 2.91 bits per heavy atom. The summed E-state index contributed by atoms with van der Waals surface area (Å²) in [6.45, 7) is 0.406. The predicted octanol–water partition coefficient (Wildman–Crippen LogP) is 3.21. The molecule has 0 radical (unpaired) electrons. The van der Waals surface area contributed by atoms with Crippen molar-refractivity contribution in [2.45, 2.75) is 17.6 Å². The van der Waals surface area contributed by atoms with Gasteiger partial charge in [-0.1, -0.05) is 30.3 Å². The van der Waals surface area contributed by atoms with Crippen LogP contribution < -0.4 is 0 Å². The third kappa shape index (κ3) is 4.88. The minimum Gasteiger partial charge on any atom is -0.466 e. The number of rotatable bonds is 6. The van der Waals surface area contributed by atoms with Gasteiger partial charge >= 0.3 is 5.97 Å². The van der Waals surface area contributed by atoms with Gasteiger partial charge in [-0.05, 0) is 11.0 Å². The highest BCUT2D eigenvalue weighted by Gasteiger charge is 2.32. The molecule has 0 aromatic heterocycles. The minimum atomic E-state index is -0.502. The van der Waals surface area contributed by atoms with Gasteiger partial charge in [-0.15, -0.1) is 16.3 Å². The van der Waals surface area contributed by atoms with Crippen LogP contribution >= 0.6 is 19.3 Å². The lowest BCUT2D eigenvalue weighted by Gasteiger charge is -2.34. The maximum atomic E-state index is 11.3. The molecule has 1 heterocycles. The summed E-state index contributed by atoms with van der Waals surface area (Å²) in [5.74, 6) is -0.453. The Labute approximate surface area is 134 Å². The molecule has 2 rings (SSSR count). The van der Waals surface area contributed by atoms with Crippen molar-refractivity contribution in [3.05, 3.63) is 53.0 Å². The molecule has 8 heteroatoms. The SMILES string of the molecule is COC(=O)/C=C/[C@@H]1OC(c2ccccc2)OC[C@H]1SPN=O. The van der Waals surface area contributed by atoms with Crippen molar-refractivity contribution < 1.29 is 19.0 Å². The molecule has 4 atom stereocenters. The molecule has 0 spiro atoms. The second-order valence-corrected chi connectivity index (χ2v) is 6.86. The van der Waals surface area contributed by atoms with Gasteiger partial charge in [-0.25, -0.2) is 4.79 Å². The molecule has 0 N–H and O–H groups in total. The summed E-state index contributed by atoms with van der Waals surface area (Å²) >= 11 is 1.36. The Hall–Kier alpha value is -1.27. The zero-order chi connectivity index (χ0) is 15.8. The summed E-state index contributed by atoms with van der Waals surface area (Å²) in [7, 11) is 1.18. The summed E-state index contributed by atoms with van der Waals surface area (Å²) in [5.41, 5.74) is 0.901. The Kier molecular flexibility index (Phi) is 6.99. The Morgan fingerprint density at radius 2 is 2.23 bits per heavy atom. The molecule has 1 aliphatic rings. The zero-order valence-electron chi connectivity index (χ0n) is 11.9. The molecule has 6 nitrogen and oxygen atoms in total. The van der Waals surface area contributed by atoms with Crippen molar-refractivity contribution in [2.24, 2.45) is 4.95 Å². The molecule has 118 valence electrons. The van der Waals surface area contributed by atoms with Crippen LogP contribution in [0.1, 0.15) is 11.9 Å². The number of esters is 1. The van der Waals surface area contributed by atoms with Crippen LogP contribution in [0.5, 0.6) is 0 Å². The molecule has 0 aliphatic carbocycles. The van der Waals surface area contributed by atoms with E-state index >= 15 is 0 Å². The number of nitroso groups, excluding NO2 is 1. The Morgan fingerprint density at radius 1 is 1.45 bits per heavy atom. The normalized spacial score (nSPS) is 25.6. The van der Waals surface area contributed by atoms with E-state index in [0.717, 1.165) is 5.56 Å². The molecule has 22 heavy (non-hydrogen) atoms. The number of methoxy groups -OCH3 is 1. The van der Waals surface area contributed by atoms with Crippen molar-refractivity contribution in [2.75, 3.05) is 13.7 Å². The fraction of sp³-hybridized carbons (Fsp3) is 0.357. The molecule has 1 saturated heterocycles. The molecule has 1 aromatic rings. The van der Waals surface area contributed by atoms with E-state index in [4.69, 9.17) is 9.47 Å². The average Bonchev–Trinajstić information content (AvgIpc) is 2.58. The quantitative estimate of drug-likeness (QED) is 0.342. The van der Waals surface area contributed by atoms with Crippen LogP contribution in [0, 0.1) is 4.91 Å².